The van der Waals surface area contributed by atoms with Crippen LogP contribution < -0.4 is 15.6 Å². The van der Waals surface area contributed by atoms with Crippen LogP contribution in [-0.4, -0.2) is 15.3 Å². The first-order valence-electron chi connectivity index (χ1n) is 9.58. The van der Waals surface area contributed by atoms with Crippen LogP contribution in [0, 0.1) is 11.3 Å². The van der Waals surface area contributed by atoms with Gasteiger partial charge >= 0.3 is 0 Å². The van der Waals surface area contributed by atoms with Crippen molar-refractivity contribution in [2.45, 2.75) is 0 Å². The van der Waals surface area contributed by atoms with E-state index in [1.54, 1.807) is 72.9 Å². The summed E-state index contributed by atoms with van der Waals surface area (Å²) in [5.74, 6) is -0.333. The third-order valence-electron chi connectivity index (χ3n) is 4.50. The van der Waals surface area contributed by atoms with Gasteiger partial charge in [0, 0.05) is 21.4 Å². The largest absolute Gasteiger partial charge is 0.438 e. The molecule has 0 atom stereocenters. The van der Waals surface area contributed by atoms with E-state index in [0.29, 0.717) is 22.1 Å². The molecule has 0 spiro atoms. The summed E-state index contributed by atoms with van der Waals surface area (Å²) >= 11 is 9.26. The van der Waals surface area contributed by atoms with E-state index in [0.717, 1.165) is 4.47 Å². The molecule has 2 aromatic carbocycles. The number of carbonyl (C=O) groups excluding carboxylic acids is 1. The van der Waals surface area contributed by atoms with Crippen molar-refractivity contribution in [1.29, 1.82) is 5.26 Å². The molecule has 9 heteroatoms. The maximum absolute atomic E-state index is 13.2. The first kappa shape index (κ1) is 22.3. The van der Waals surface area contributed by atoms with Gasteiger partial charge < -0.3 is 10.1 Å². The second kappa shape index (κ2) is 9.69. The Morgan fingerprint density at radius 3 is 2.67 bits per heavy atom. The summed E-state index contributed by atoms with van der Waals surface area (Å²) in [6.45, 7) is 0. The highest BCUT2D eigenvalue weighted by atomic mass is 79.9. The Kier molecular flexibility index (Phi) is 6.54. The molecule has 0 aliphatic rings. The zero-order chi connectivity index (χ0) is 23.4. The molecule has 162 valence electrons. The number of benzene rings is 2. The fraction of sp³-hybridized carbons (Fsp3) is 0. The lowest BCUT2D eigenvalue weighted by Crippen LogP contribution is -2.20. The van der Waals surface area contributed by atoms with Gasteiger partial charge in [-0.05, 0) is 60.7 Å². The van der Waals surface area contributed by atoms with Gasteiger partial charge in [0.05, 0.1) is 0 Å². The molecule has 1 amide bonds. The van der Waals surface area contributed by atoms with Gasteiger partial charge in [0.25, 0.3) is 11.5 Å². The van der Waals surface area contributed by atoms with E-state index in [-0.39, 0.29) is 17.0 Å². The Morgan fingerprint density at radius 2 is 1.94 bits per heavy atom. The summed E-state index contributed by atoms with van der Waals surface area (Å²) in [7, 11) is 0. The molecule has 0 aliphatic heterocycles. The highest BCUT2D eigenvalue weighted by Crippen LogP contribution is 2.25. The predicted octanol–water partition coefficient (Wildman–Crippen LogP) is 5.45. The van der Waals surface area contributed by atoms with E-state index < -0.39 is 11.5 Å². The third kappa shape index (κ3) is 5.12. The van der Waals surface area contributed by atoms with Gasteiger partial charge in [0.1, 0.15) is 28.6 Å². The number of nitrogens with zero attached hydrogens (tertiary/aromatic N) is 3. The van der Waals surface area contributed by atoms with Gasteiger partial charge in [0.15, 0.2) is 0 Å². The van der Waals surface area contributed by atoms with Crippen LogP contribution in [0.25, 0.3) is 11.7 Å². The van der Waals surface area contributed by atoms with Crippen molar-refractivity contribution in [2.75, 3.05) is 5.32 Å². The monoisotopic (exact) mass is 520 g/mol. The number of nitrogens with one attached hydrogen (secondary N) is 1. The first-order chi connectivity index (χ1) is 15.9. The van der Waals surface area contributed by atoms with E-state index in [1.165, 1.54) is 10.5 Å². The zero-order valence-electron chi connectivity index (χ0n) is 16.8. The molecule has 0 aliphatic carbocycles. The molecule has 0 radical (unpaired) electrons. The van der Waals surface area contributed by atoms with Crippen molar-refractivity contribution >= 4 is 50.8 Å². The second-order valence-corrected chi connectivity index (χ2v) is 8.11. The van der Waals surface area contributed by atoms with E-state index in [1.807, 2.05) is 6.07 Å². The normalized spacial score (nSPS) is 11.1. The number of hydrogen-bond donors (Lipinski definition) is 1. The summed E-state index contributed by atoms with van der Waals surface area (Å²) in [6.07, 6.45) is 2.72. The number of pyridine rings is 1. The van der Waals surface area contributed by atoms with Crippen LogP contribution in [0.4, 0.5) is 5.69 Å². The van der Waals surface area contributed by atoms with Crippen molar-refractivity contribution in [1.82, 2.24) is 9.38 Å². The average Bonchev–Trinajstić information content (AvgIpc) is 2.80. The molecule has 1 N–H and O–H groups in total. The molecule has 0 saturated carbocycles. The zero-order valence-corrected chi connectivity index (χ0v) is 19.2. The summed E-state index contributed by atoms with van der Waals surface area (Å²) in [5, 5.41) is 12.8. The van der Waals surface area contributed by atoms with E-state index in [9.17, 15) is 14.9 Å². The Morgan fingerprint density at radius 1 is 1.15 bits per heavy atom. The van der Waals surface area contributed by atoms with E-state index >= 15 is 0 Å². The molecule has 0 bridgehead atoms. The Hall–Kier alpha value is -3.93. The van der Waals surface area contributed by atoms with Crippen molar-refractivity contribution in [3.05, 3.63) is 104 Å². The number of nitriles is 1. The smallest absolute Gasteiger partial charge is 0.269 e. The van der Waals surface area contributed by atoms with Gasteiger partial charge in [-0.2, -0.15) is 10.2 Å². The Balaban J connectivity index is 1.79. The lowest BCUT2D eigenvalue weighted by atomic mass is 10.1. The van der Waals surface area contributed by atoms with Crippen LogP contribution in [0.2, 0.25) is 5.02 Å². The summed E-state index contributed by atoms with van der Waals surface area (Å²) < 4.78 is 7.91. The number of aromatic nitrogens is 2. The van der Waals surface area contributed by atoms with Crippen molar-refractivity contribution < 1.29 is 9.53 Å². The lowest BCUT2D eigenvalue weighted by Gasteiger charge is -2.10. The molecule has 4 rings (SSSR count). The molecule has 2 aromatic heterocycles. The molecule has 33 heavy (non-hydrogen) atoms. The molecule has 7 nitrogen and oxygen atoms in total. The van der Waals surface area contributed by atoms with E-state index in [4.69, 9.17) is 16.3 Å². The fourth-order valence-corrected chi connectivity index (χ4v) is 3.48. The molecule has 0 unspecified atom stereocenters. The second-order valence-electron chi connectivity index (χ2n) is 6.75. The SMILES string of the molecule is N#C/C(=C/c1c(Oc2ccc(Cl)cc2)nc2ccccn2c1=O)C(=O)Nc1cccc(Br)c1. The summed E-state index contributed by atoms with van der Waals surface area (Å²) in [6, 6.07) is 20.3. The number of rotatable bonds is 5. The highest BCUT2D eigenvalue weighted by molar-refractivity contribution is 9.10. The van der Waals surface area contributed by atoms with E-state index in [2.05, 4.69) is 26.2 Å². The standard InChI is InChI=1S/C24H14BrClN4O3/c25-16-4-3-5-18(13-16)28-22(31)15(14-27)12-20-23(33-19-9-7-17(26)8-10-19)29-21-6-1-2-11-30(21)24(20)32/h1-13H,(H,28,31)/b15-12-. The highest BCUT2D eigenvalue weighted by Gasteiger charge is 2.17. The van der Waals surface area contributed by atoms with Gasteiger partial charge in [-0.25, -0.2) is 0 Å². The molecule has 0 fully saturated rings. The number of carbonyl (C=O) groups is 1. The Bertz CT molecular complexity index is 1490. The summed E-state index contributed by atoms with van der Waals surface area (Å²) in [4.78, 5) is 30.4. The molecule has 4 aromatic rings. The van der Waals surface area contributed by atoms with Crippen LogP contribution >= 0.6 is 27.5 Å². The first-order valence-corrected chi connectivity index (χ1v) is 10.8. The molecular formula is C24H14BrClN4O3. The minimum absolute atomic E-state index is 0.0449. The van der Waals surface area contributed by atoms with Crippen LogP contribution in [0.3, 0.4) is 0 Å². The minimum atomic E-state index is -0.675. The number of amides is 1. The van der Waals surface area contributed by atoms with Crippen LogP contribution in [0.5, 0.6) is 11.6 Å². The minimum Gasteiger partial charge on any atom is -0.438 e. The molecule has 0 saturated heterocycles. The number of ether oxygens (including phenoxy) is 1. The van der Waals surface area contributed by atoms with Crippen molar-refractivity contribution in [3.63, 3.8) is 0 Å². The fourth-order valence-electron chi connectivity index (χ4n) is 2.96. The number of halogens is 2. The third-order valence-corrected chi connectivity index (χ3v) is 5.24. The maximum Gasteiger partial charge on any atom is 0.269 e. The topological polar surface area (TPSA) is 96.5 Å². The van der Waals surface area contributed by atoms with Gasteiger partial charge in [-0.15, -0.1) is 0 Å². The van der Waals surface area contributed by atoms with Gasteiger partial charge in [0.2, 0.25) is 5.88 Å². The van der Waals surface area contributed by atoms with Crippen LogP contribution in [0.15, 0.2) is 87.8 Å². The number of anilines is 1. The lowest BCUT2D eigenvalue weighted by molar-refractivity contribution is -0.112. The molecular weight excluding hydrogens is 508 g/mol. The average molecular weight is 522 g/mol. The number of fused-ring (bicyclic) bond motifs is 1. The quantitative estimate of drug-likeness (QED) is 0.278. The van der Waals surface area contributed by atoms with Crippen LogP contribution in [-0.2, 0) is 4.79 Å². The van der Waals surface area contributed by atoms with Gasteiger partial charge in [-0.3, -0.25) is 14.0 Å². The van der Waals surface area contributed by atoms with Crippen LogP contribution in [0.1, 0.15) is 5.56 Å². The maximum atomic E-state index is 13.2. The Labute approximate surface area is 201 Å². The summed E-state index contributed by atoms with van der Waals surface area (Å²) in [5.41, 5.74) is 0.00936. The number of hydrogen-bond acceptors (Lipinski definition) is 5. The van der Waals surface area contributed by atoms with Crippen molar-refractivity contribution in [2.24, 2.45) is 0 Å². The predicted molar refractivity (Wildman–Crippen MR) is 129 cm³/mol. The van der Waals surface area contributed by atoms with Gasteiger partial charge in [-0.1, -0.05) is 39.7 Å². The van der Waals surface area contributed by atoms with Crippen molar-refractivity contribution in [3.8, 4) is 17.7 Å². The molecule has 2 heterocycles.